The second-order valence-corrected chi connectivity index (χ2v) is 5.15. The zero-order chi connectivity index (χ0) is 15.0. The van der Waals surface area contributed by atoms with Gasteiger partial charge in [-0.25, -0.2) is 0 Å². The molecule has 0 saturated carbocycles. The molecule has 0 fully saturated rings. The van der Waals surface area contributed by atoms with E-state index in [2.05, 4.69) is 31.2 Å². The van der Waals surface area contributed by atoms with Gasteiger partial charge >= 0.3 is 0 Å². The lowest BCUT2D eigenvalue weighted by molar-refractivity contribution is 0.384. The molecule has 20 heavy (non-hydrogen) atoms. The van der Waals surface area contributed by atoms with Gasteiger partial charge in [0.1, 0.15) is 5.75 Å². The summed E-state index contributed by atoms with van der Waals surface area (Å²) in [5.74, 6) is 0.392. The van der Waals surface area contributed by atoms with Crippen LogP contribution in [-0.4, -0.2) is 24.1 Å². The van der Waals surface area contributed by atoms with Crippen LogP contribution in [0.5, 0.6) is 5.75 Å². The van der Waals surface area contributed by atoms with Crippen molar-refractivity contribution in [2.24, 2.45) is 0 Å². The van der Waals surface area contributed by atoms with Crippen LogP contribution in [0.3, 0.4) is 0 Å². The van der Waals surface area contributed by atoms with Gasteiger partial charge in [-0.2, -0.15) is 0 Å². The largest absolute Gasteiger partial charge is 0.508 e. The summed E-state index contributed by atoms with van der Waals surface area (Å²) in [7, 11) is 3.98. The standard InChI is InChI=1S/C10H15NO.C8H10/c1-8-5-4-6-10(12)9(8)7-11(2)3;1-2-8-6-4-3-5-7-8/h4-6,12H,7H2,1-3H3;3-7H,2H2,1H3. The molecule has 2 nitrogen and oxygen atoms in total. The molecule has 0 unspecified atom stereocenters. The Morgan fingerprint density at radius 1 is 0.950 bits per heavy atom. The van der Waals surface area contributed by atoms with Gasteiger partial charge < -0.3 is 10.0 Å². The van der Waals surface area contributed by atoms with Crippen molar-refractivity contribution in [1.29, 1.82) is 0 Å². The predicted molar refractivity (Wildman–Crippen MR) is 86.1 cm³/mol. The third-order valence-electron chi connectivity index (χ3n) is 3.11. The molecule has 0 heterocycles. The predicted octanol–water partition coefficient (Wildman–Crippen LogP) is 4.01. The van der Waals surface area contributed by atoms with Gasteiger partial charge in [-0.15, -0.1) is 0 Å². The highest BCUT2D eigenvalue weighted by Gasteiger charge is 2.04. The van der Waals surface area contributed by atoms with Gasteiger partial charge in [0.15, 0.2) is 0 Å². The first-order valence-electron chi connectivity index (χ1n) is 7.00. The van der Waals surface area contributed by atoms with Crippen molar-refractivity contribution in [3.63, 3.8) is 0 Å². The monoisotopic (exact) mass is 271 g/mol. The minimum Gasteiger partial charge on any atom is -0.508 e. The molecule has 108 valence electrons. The van der Waals surface area contributed by atoms with E-state index in [0.29, 0.717) is 5.75 Å². The zero-order valence-electron chi connectivity index (χ0n) is 12.9. The first-order valence-corrected chi connectivity index (χ1v) is 7.00. The number of rotatable bonds is 3. The Hall–Kier alpha value is -1.80. The lowest BCUT2D eigenvalue weighted by atomic mass is 10.1. The molecule has 0 amide bonds. The lowest BCUT2D eigenvalue weighted by Crippen LogP contribution is -2.11. The highest BCUT2D eigenvalue weighted by atomic mass is 16.3. The van der Waals surface area contributed by atoms with Crippen LogP contribution in [0.2, 0.25) is 0 Å². The van der Waals surface area contributed by atoms with Crippen molar-refractivity contribution in [3.05, 3.63) is 65.2 Å². The quantitative estimate of drug-likeness (QED) is 0.911. The Bertz CT molecular complexity index is 486. The van der Waals surface area contributed by atoms with Crippen LogP contribution in [0.1, 0.15) is 23.6 Å². The summed E-state index contributed by atoms with van der Waals surface area (Å²) in [4.78, 5) is 2.04. The highest BCUT2D eigenvalue weighted by molar-refractivity contribution is 5.38. The van der Waals surface area contributed by atoms with Crippen molar-refractivity contribution in [2.45, 2.75) is 26.8 Å². The van der Waals surface area contributed by atoms with E-state index in [1.807, 2.05) is 44.1 Å². The molecule has 2 aromatic carbocycles. The van der Waals surface area contributed by atoms with Crippen LogP contribution in [0.15, 0.2) is 48.5 Å². The Labute approximate surface area is 122 Å². The lowest BCUT2D eigenvalue weighted by Gasteiger charge is -2.13. The first-order chi connectivity index (χ1) is 9.54. The Balaban J connectivity index is 0.000000217. The fourth-order valence-electron chi connectivity index (χ4n) is 1.92. The third-order valence-corrected chi connectivity index (χ3v) is 3.11. The summed E-state index contributed by atoms with van der Waals surface area (Å²) < 4.78 is 0. The summed E-state index contributed by atoms with van der Waals surface area (Å²) in [5, 5.41) is 9.51. The maximum atomic E-state index is 9.51. The smallest absolute Gasteiger partial charge is 0.120 e. The molecule has 2 aromatic rings. The van der Waals surface area contributed by atoms with Crippen molar-refractivity contribution in [2.75, 3.05) is 14.1 Å². The second-order valence-electron chi connectivity index (χ2n) is 5.15. The van der Waals surface area contributed by atoms with E-state index < -0.39 is 0 Å². The van der Waals surface area contributed by atoms with Gasteiger partial charge in [0.25, 0.3) is 0 Å². The van der Waals surface area contributed by atoms with E-state index in [1.54, 1.807) is 6.07 Å². The Kier molecular flexibility index (Phi) is 6.82. The fourth-order valence-corrected chi connectivity index (χ4v) is 1.92. The van der Waals surface area contributed by atoms with Crippen molar-refractivity contribution >= 4 is 0 Å². The maximum absolute atomic E-state index is 9.51. The molecular weight excluding hydrogens is 246 g/mol. The van der Waals surface area contributed by atoms with Crippen LogP contribution in [0.25, 0.3) is 0 Å². The Morgan fingerprint density at radius 3 is 2.05 bits per heavy atom. The van der Waals surface area contributed by atoms with Gasteiger partial charge in [-0.3, -0.25) is 0 Å². The van der Waals surface area contributed by atoms with E-state index in [0.717, 1.165) is 24.1 Å². The molecule has 0 atom stereocenters. The van der Waals surface area contributed by atoms with E-state index >= 15 is 0 Å². The molecule has 0 aliphatic rings. The van der Waals surface area contributed by atoms with Crippen LogP contribution in [0, 0.1) is 6.92 Å². The first kappa shape index (κ1) is 16.3. The average Bonchev–Trinajstić information content (AvgIpc) is 2.44. The molecule has 2 rings (SSSR count). The number of hydrogen-bond acceptors (Lipinski definition) is 2. The van der Waals surface area contributed by atoms with E-state index in [9.17, 15) is 5.11 Å². The van der Waals surface area contributed by atoms with Gasteiger partial charge in [-0.05, 0) is 44.6 Å². The highest BCUT2D eigenvalue weighted by Crippen LogP contribution is 2.20. The van der Waals surface area contributed by atoms with Gasteiger partial charge in [-0.1, -0.05) is 49.4 Å². The minimum absolute atomic E-state index is 0.392. The second kappa shape index (κ2) is 8.39. The fraction of sp³-hybridized carbons (Fsp3) is 0.333. The van der Waals surface area contributed by atoms with E-state index in [-0.39, 0.29) is 0 Å². The van der Waals surface area contributed by atoms with E-state index in [1.165, 1.54) is 5.56 Å². The summed E-state index contributed by atoms with van der Waals surface area (Å²) in [6.45, 7) is 4.96. The number of nitrogens with zero attached hydrogens (tertiary/aromatic N) is 1. The number of phenols is 1. The maximum Gasteiger partial charge on any atom is 0.120 e. The van der Waals surface area contributed by atoms with Crippen molar-refractivity contribution in [1.82, 2.24) is 4.90 Å². The van der Waals surface area contributed by atoms with Crippen LogP contribution in [-0.2, 0) is 13.0 Å². The van der Waals surface area contributed by atoms with Crippen molar-refractivity contribution in [3.8, 4) is 5.75 Å². The zero-order valence-corrected chi connectivity index (χ0v) is 12.9. The number of aromatic hydroxyl groups is 1. The van der Waals surface area contributed by atoms with Crippen LogP contribution >= 0.6 is 0 Å². The summed E-state index contributed by atoms with van der Waals surface area (Å²) in [6.07, 6.45) is 1.14. The van der Waals surface area contributed by atoms with Crippen molar-refractivity contribution < 1.29 is 5.11 Å². The van der Waals surface area contributed by atoms with Gasteiger partial charge in [0.2, 0.25) is 0 Å². The molecule has 0 radical (unpaired) electrons. The molecule has 0 spiro atoms. The SMILES string of the molecule is CCc1ccccc1.Cc1cccc(O)c1CN(C)C. The molecule has 0 aliphatic carbocycles. The van der Waals surface area contributed by atoms with Gasteiger partial charge in [0.05, 0.1) is 0 Å². The number of hydrogen-bond donors (Lipinski definition) is 1. The number of benzene rings is 2. The summed E-state index contributed by atoms with van der Waals surface area (Å²) >= 11 is 0. The topological polar surface area (TPSA) is 23.5 Å². The third kappa shape index (κ3) is 5.45. The molecule has 0 aliphatic heterocycles. The number of phenolic OH excluding ortho intramolecular Hbond substituents is 1. The van der Waals surface area contributed by atoms with E-state index in [4.69, 9.17) is 0 Å². The molecule has 0 saturated heterocycles. The summed E-state index contributed by atoms with van der Waals surface area (Å²) in [5.41, 5.74) is 3.57. The average molecular weight is 271 g/mol. The number of aryl methyl sites for hydroxylation is 2. The van der Waals surface area contributed by atoms with Gasteiger partial charge in [0, 0.05) is 12.1 Å². The summed E-state index contributed by atoms with van der Waals surface area (Å²) in [6, 6.07) is 16.1. The molecule has 2 heteroatoms. The Morgan fingerprint density at radius 2 is 1.60 bits per heavy atom. The minimum atomic E-state index is 0.392. The molecular formula is C18H25NO. The van der Waals surface area contributed by atoms with Crippen LogP contribution < -0.4 is 0 Å². The van der Waals surface area contributed by atoms with Crippen LogP contribution in [0.4, 0.5) is 0 Å². The normalized spacial score (nSPS) is 10.1. The molecule has 1 N–H and O–H groups in total. The molecule has 0 bridgehead atoms. The molecule has 0 aromatic heterocycles.